The van der Waals surface area contributed by atoms with E-state index in [1.165, 1.54) is 0 Å². The molecule has 0 saturated carbocycles. The van der Waals surface area contributed by atoms with E-state index >= 15 is 0 Å². The Morgan fingerprint density at radius 3 is 2.32 bits per heavy atom. The average Bonchev–Trinajstić information content (AvgIpc) is 3.11. The van der Waals surface area contributed by atoms with Crippen LogP contribution < -0.4 is 0 Å². The molecule has 8 heteroatoms. The summed E-state index contributed by atoms with van der Waals surface area (Å²) in [5, 5.41) is 9.97. The van der Waals surface area contributed by atoms with Crippen molar-refractivity contribution in [3.8, 4) is 0 Å². The lowest BCUT2D eigenvalue weighted by atomic mass is 9.79. The smallest absolute Gasteiger partial charge is 0.363 e. The van der Waals surface area contributed by atoms with Crippen molar-refractivity contribution >= 4 is 17.8 Å². The number of hydrogen-bond acceptors (Lipinski definition) is 7. The van der Waals surface area contributed by atoms with Crippen molar-refractivity contribution in [3.63, 3.8) is 0 Å². The maximum Gasteiger partial charge on any atom is 0.363 e. The van der Waals surface area contributed by atoms with Crippen molar-refractivity contribution in [1.82, 2.24) is 5.06 Å². The number of hydroxylamine groups is 2. The molecule has 1 aliphatic heterocycles. The summed E-state index contributed by atoms with van der Waals surface area (Å²) in [5.41, 5.74) is 1.54. The second kappa shape index (κ2) is 11.9. The number of allylic oxidation sites excluding steroid dienone is 2. The molecule has 37 heavy (non-hydrogen) atoms. The normalized spacial score (nSPS) is 18.9. The van der Waals surface area contributed by atoms with E-state index in [4.69, 9.17) is 14.3 Å². The number of carbonyl (C=O) groups is 3. The Labute approximate surface area is 215 Å². The average molecular weight is 504 g/mol. The van der Waals surface area contributed by atoms with Crippen molar-refractivity contribution < 1.29 is 33.8 Å². The SMILES string of the molecule is COC1C=CC=C(C(OCCCO)(c2ccccc2)c2ccc(C(=O)ON3C(=O)CCC3=O)cc2)C=C1. The van der Waals surface area contributed by atoms with Crippen LogP contribution in [0.25, 0.3) is 0 Å². The van der Waals surface area contributed by atoms with Crippen LogP contribution in [0.4, 0.5) is 0 Å². The van der Waals surface area contributed by atoms with E-state index in [2.05, 4.69) is 0 Å². The summed E-state index contributed by atoms with van der Waals surface area (Å²) in [6, 6.07) is 16.3. The molecule has 2 aromatic rings. The van der Waals surface area contributed by atoms with Crippen LogP contribution >= 0.6 is 0 Å². The molecule has 2 aliphatic rings. The molecule has 2 unspecified atom stereocenters. The number of nitrogens with zero attached hydrogens (tertiary/aromatic N) is 1. The number of rotatable bonds is 10. The lowest BCUT2D eigenvalue weighted by Gasteiger charge is -2.36. The van der Waals surface area contributed by atoms with Gasteiger partial charge in [-0.3, -0.25) is 9.59 Å². The van der Waals surface area contributed by atoms with Crippen molar-refractivity contribution in [2.45, 2.75) is 31.0 Å². The van der Waals surface area contributed by atoms with E-state index in [1.54, 1.807) is 31.4 Å². The van der Waals surface area contributed by atoms with Gasteiger partial charge in [0.05, 0.1) is 18.3 Å². The molecular formula is C29H29NO7. The van der Waals surface area contributed by atoms with Crippen molar-refractivity contribution in [1.29, 1.82) is 0 Å². The first-order valence-corrected chi connectivity index (χ1v) is 12.1. The van der Waals surface area contributed by atoms with Gasteiger partial charge in [0.1, 0.15) is 5.60 Å². The zero-order valence-corrected chi connectivity index (χ0v) is 20.5. The highest BCUT2D eigenvalue weighted by Gasteiger charge is 2.39. The molecule has 0 spiro atoms. The Bertz CT molecular complexity index is 1200. The second-order valence-electron chi connectivity index (χ2n) is 8.58. The first-order valence-electron chi connectivity index (χ1n) is 12.1. The van der Waals surface area contributed by atoms with Crippen molar-refractivity contribution in [2.24, 2.45) is 0 Å². The lowest BCUT2D eigenvalue weighted by molar-refractivity contribution is -0.172. The summed E-state index contributed by atoms with van der Waals surface area (Å²) in [6.45, 7) is 0.251. The summed E-state index contributed by atoms with van der Waals surface area (Å²) < 4.78 is 12.0. The minimum Gasteiger partial charge on any atom is -0.396 e. The van der Waals surface area contributed by atoms with Gasteiger partial charge in [0.25, 0.3) is 11.8 Å². The maximum absolute atomic E-state index is 12.7. The highest BCUT2D eigenvalue weighted by atomic mass is 16.7. The van der Waals surface area contributed by atoms with E-state index < -0.39 is 23.4 Å². The summed E-state index contributed by atoms with van der Waals surface area (Å²) in [6.07, 6.45) is 9.95. The number of ether oxygens (including phenoxy) is 2. The summed E-state index contributed by atoms with van der Waals surface area (Å²) in [4.78, 5) is 41.4. The molecule has 1 saturated heterocycles. The molecule has 1 N–H and O–H groups in total. The number of carbonyl (C=O) groups excluding carboxylic acids is 3. The van der Waals surface area contributed by atoms with Gasteiger partial charge < -0.3 is 19.4 Å². The fraction of sp³-hybridized carbons (Fsp3) is 0.276. The third-order valence-corrected chi connectivity index (χ3v) is 6.23. The Morgan fingerprint density at radius 1 is 1.00 bits per heavy atom. The van der Waals surface area contributed by atoms with Gasteiger partial charge in [-0.2, -0.15) is 0 Å². The predicted molar refractivity (Wildman–Crippen MR) is 135 cm³/mol. The molecule has 192 valence electrons. The molecule has 4 rings (SSSR count). The maximum atomic E-state index is 12.7. The third kappa shape index (κ3) is 5.61. The van der Waals surface area contributed by atoms with Gasteiger partial charge in [-0.25, -0.2) is 4.79 Å². The highest BCUT2D eigenvalue weighted by molar-refractivity contribution is 6.02. The molecular weight excluding hydrogens is 474 g/mol. The number of aliphatic hydroxyl groups excluding tert-OH is 1. The Morgan fingerprint density at radius 2 is 1.68 bits per heavy atom. The first kappa shape index (κ1) is 26.2. The Balaban J connectivity index is 1.75. The van der Waals surface area contributed by atoms with Gasteiger partial charge in [-0.05, 0) is 35.3 Å². The van der Waals surface area contributed by atoms with Crippen LogP contribution in [0.2, 0.25) is 0 Å². The van der Waals surface area contributed by atoms with Gasteiger partial charge in [0.15, 0.2) is 0 Å². The molecule has 1 heterocycles. The van der Waals surface area contributed by atoms with E-state index in [1.807, 2.05) is 60.7 Å². The van der Waals surface area contributed by atoms with Crippen molar-refractivity contribution in [2.75, 3.05) is 20.3 Å². The van der Waals surface area contributed by atoms with Gasteiger partial charge in [0, 0.05) is 26.6 Å². The number of amides is 2. The van der Waals surface area contributed by atoms with E-state index in [0.29, 0.717) is 11.5 Å². The highest BCUT2D eigenvalue weighted by Crippen LogP contribution is 2.42. The molecule has 8 nitrogen and oxygen atoms in total. The van der Waals surface area contributed by atoms with Crippen LogP contribution in [0.5, 0.6) is 0 Å². The van der Waals surface area contributed by atoms with E-state index in [0.717, 1.165) is 16.7 Å². The first-order chi connectivity index (χ1) is 18.0. The topological polar surface area (TPSA) is 102 Å². The standard InChI is InChI=1S/C29H29NO7/c1-35-25-10-5-9-23(15-16-25)29(36-20-6-19-31,22-7-3-2-4-8-22)24-13-11-21(12-14-24)28(34)37-30-26(32)17-18-27(30)33/h2-5,7-16,25,31H,6,17-20H2,1H3. The second-order valence-corrected chi connectivity index (χ2v) is 8.58. The van der Waals surface area contributed by atoms with Crippen LogP contribution in [0, 0.1) is 0 Å². The minimum atomic E-state index is -1.07. The van der Waals surface area contributed by atoms with Gasteiger partial charge in [0.2, 0.25) is 0 Å². The van der Waals surface area contributed by atoms with Crippen LogP contribution in [0.1, 0.15) is 40.7 Å². The van der Waals surface area contributed by atoms with Gasteiger partial charge in [-0.1, -0.05) is 72.8 Å². The summed E-state index contributed by atoms with van der Waals surface area (Å²) in [7, 11) is 1.63. The molecule has 1 fully saturated rings. The summed E-state index contributed by atoms with van der Waals surface area (Å²) in [5.74, 6) is -1.88. The fourth-order valence-electron chi connectivity index (χ4n) is 4.33. The van der Waals surface area contributed by atoms with Crippen LogP contribution in [-0.2, 0) is 29.5 Å². The van der Waals surface area contributed by atoms with Crippen LogP contribution in [0.15, 0.2) is 90.6 Å². The molecule has 2 amide bonds. The van der Waals surface area contributed by atoms with Crippen LogP contribution in [-0.4, -0.2) is 54.4 Å². The number of imide groups is 1. The zero-order valence-electron chi connectivity index (χ0n) is 20.5. The third-order valence-electron chi connectivity index (χ3n) is 6.23. The number of hydrogen-bond donors (Lipinski definition) is 1. The summed E-state index contributed by atoms with van der Waals surface area (Å²) >= 11 is 0. The minimum absolute atomic E-state index is 0.0237. The van der Waals surface area contributed by atoms with E-state index in [-0.39, 0.29) is 37.7 Å². The zero-order chi connectivity index (χ0) is 26.3. The quantitative estimate of drug-likeness (QED) is 0.390. The van der Waals surface area contributed by atoms with Crippen LogP contribution in [0.3, 0.4) is 0 Å². The Hall–Kier alpha value is -3.85. The molecule has 0 radical (unpaired) electrons. The number of methoxy groups -OCH3 is 1. The van der Waals surface area contributed by atoms with Gasteiger partial charge >= 0.3 is 5.97 Å². The molecule has 0 aromatic heterocycles. The molecule has 0 bridgehead atoms. The van der Waals surface area contributed by atoms with E-state index in [9.17, 15) is 19.5 Å². The fourth-order valence-corrected chi connectivity index (χ4v) is 4.33. The lowest BCUT2D eigenvalue weighted by Crippen LogP contribution is -2.34. The largest absolute Gasteiger partial charge is 0.396 e. The number of benzene rings is 2. The molecule has 1 aliphatic carbocycles. The van der Waals surface area contributed by atoms with Gasteiger partial charge in [-0.15, -0.1) is 5.06 Å². The molecule has 2 atom stereocenters. The molecule has 2 aromatic carbocycles. The predicted octanol–water partition coefficient (Wildman–Crippen LogP) is 3.62. The number of aliphatic hydroxyl groups is 1. The Kier molecular flexibility index (Phi) is 8.45. The van der Waals surface area contributed by atoms with Crippen molar-refractivity contribution in [3.05, 3.63) is 107 Å². The monoisotopic (exact) mass is 503 g/mol.